The SMILES string of the molecule is COc1ccc2c(c1)[C@]13CCN(C)[C@H](C2)[C@]1(O)CC[C@@]1(C3)NC(=O)N(COCC[Si](C)(C)C)C1=O. The fraction of sp³-hybridized carbons (Fsp3) is 0.692. The van der Waals surface area contributed by atoms with Crippen molar-refractivity contribution in [1.82, 2.24) is 15.1 Å². The van der Waals surface area contributed by atoms with Crippen molar-refractivity contribution in [3.63, 3.8) is 0 Å². The van der Waals surface area contributed by atoms with Crippen LogP contribution in [-0.2, 0) is 21.4 Å². The van der Waals surface area contributed by atoms with Crippen LogP contribution in [0.1, 0.15) is 36.8 Å². The van der Waals surface area contributed by atoms with Gasteiger partial charge in [-0.3, -0.25) is 4.79 Å². The summed E-state index contributed by atoms with van der Waals surface area (Å²) < 4.78 is 11.3. The first-order valence-electron chi connectivity index (χ1n) is 12.8. The van der Waals surface area contributed by atoms with Crippen LogP contribution < -0.4 is 10.1 Å². The van der Waals surface area contributed by atoms with Gasteiger partial charge in [0.25, 0.3) is 5.91 Å². The van der Waals surface area contributed by atoms with Gasteiger partial charge in [-0.2, -0.15) is 0 Å². The molecule has 2 aliphatic carbocycles. The highest BCUT2D eigenvalue weighted by Gasteiger charge is 2.69. The van der Waals surface area contributed by atoms with Gasteiger partial charge >= 0.3 is 6.03 Å². The van der Waals surface area contributed by atoms with Gasteiger partial charge < -0.3 is 24.8 Å². The Kier molecular flexibility index (Phi) is 5.86. The van der Waals surface area contributed by atoms with Gasteiger partial charge in [0.15, 0.2) is 0 Å². The molecule has 2 bridgehead atoms. The molecule has 0 radical (unpaired) electrons. The zero-order valence-corrected chi connectivity index (χ0v) is 22.6. The van der Waals surface area contributed by atoms with E-state index in [0.29, 0.717) is 32.3 Å². The Labute approximate surface area is 209 Å². The predicted molar refractivity (Wildman–Crippen MR) is 135 cm³/mol. The Morgan fingerprint density at radius 2 is 1.97 bits per heavy atom. The summed E-state index contributed by atoms with van der Waals surface area (Å²) in [7, 11) is 2.46. The molecule has 192 valence electrons. The number of likely N-dealkylation sites (N-methyl/N-ethyl adjacent to an activating group) is 1. The third-order valence-corrected chi connectivity index (χ3v) is 10.8. The second-order valence-electron chi connectivity index (χ2n) is 12.3. The molecule has 4 atom stereocenters. The van der Waals surface area contributed by atoms with Gasteiger partial charge in [0.2, 0.25) is 0 Å². The summed E-state index contributed by atoms with van der Waals surface area (Å²) in [6, 6.07) is 6.66. The molecule has 2 heterocycles. The highest BCUT2D eigenvalue weighted by molar-refractivity contribution is 6.76. The van der Waals surface area contributed by atoms with Crippen LogP contribution in [0.4, 0.5) is 4.79 Å². The first-order valence-corrected chi connectivity index (χ1v) is 16.5. The molecule has 2 N–H and O–H groups in total. The Morgan fingerprint density at radius 3 is 2.69 bits per heavy atom. The van der Waals surface area contributed by atoms with Crippen LogP contribution in [-0.4, -0.2) is 86.1 Å². The van der Waals surface area contributed by atoms with E-state index < -0.39 is 30.7 Å². The fourth-order valence-electron chi connectivity index (χ4n) is 7.00. The van der Waals surface area contributed by atoms with Gasteiger partial charge in [0.05, 0.1) is 12.7 Å². The molecule has 1 spiro atoms. The van der Waals surface area contributed by atoms with Crippen molar-refractivity contribution in [2.24, 2.45) is 0 Å². The average molecular weight is 502 g/mol. The number of imide groups is 1. The van der Waals surface area contributed by atoms with Crippen LogP contribution in [0, 0.1) is 0 Å². The number of carbonyl (C=O) groups excluding carboxylic acids is 2. The largest absolute Gasteiger partial charge is 0.497 e. The van der Waals surface area contributed by atoms with Crippen molar-refractivity contribution in [3.05, 3.63) is 29.3 Å². The number of likely N-dealkylation sites (tertiary alicyclic amines) is 1. The molecular formula is C26H39N3O5Si. The quantitative estimate of drug-likeness (QED) is 0.354. The lowest BCUT2D eigenvalue weighted by molar-refractivity contribution is -0.177. The van der Waals surface area contributed by atoms with E-state index in [9.17, 15) is 14.7 Å². The van der Waals surface area contributed by atoms with E-state index in [0.717, 1.165) is 30.3 Å². The van der Waals surface area contributed by atoms with Crippen molar-refractivity contribution in [1.29, 1.82) is 0 Å². The van der Waals surface area contributed by atoms with E-state index >= 15 is 0 Å². The van der Waals surface area contributed by atoms with Crippen molar-refractivity contribution in [3.8, 4) is 5.75 Å². The van der Waals surface area contributed by atoms with Crippen molar-refractivity contribution >= 4 is 20.0 Å². The third kappa shape index (κ3) is 3.73. The van der Waals surface area contributed by atoms with Gasteiger partial charge in [0.1, 0.15) is 18.0 Å². The van der Waals surface area contributed by atoms with Crippen molar-refractivity contribution < 1.29 is 24.2 Å². The smallest absolute Gasteiger partial charge is 0.326 e. The number of urea groups is 1. The molecule has 9 heteroatoms. The Morgan fingerprint density at radius 1 is 1.20 bits per heavy atom. The number of amides is 3. The third-order valence-electron chi connectivity index (χ3n) is 9.05. The number of hydrogen-bond donors (Lipinski definition) is 2. The number of nitrogens with one attached hydrogen (secondary N) is 1. The first kappa shape index (κ1) is 24.7. The van der Waals surface area contributed by atoms with E-state index in [1.807, 2.05) is 12.1 Å². The van der Waals surface area contributed by atoms with E-state index in [-0.39, 0.29) is 18.7 Å². The van der Waals surface area contributed by atoms with Crippen molar-refractivity contribution in [2.45, 2.75) is 80.4 Å². The van der Waals surface area contributed by atoms with Crippen LogP contribution >= 0.6 is 0 Å². The summed E-state index contributed by atoms with van der Waals surface area (Å²) in [5, 5.41) is 15.4. The second kappa shape index (κ2) is 8.29. The summed E-state index contributed by atoms with van der Waals surface area (Å²) in [5.74, 6) is 0.522. The van der Waals surface area contributed by atoms with Gasteiger partial charge in [-0.15, -0.1) is 0 Å². The summed E-state index contributed by atoms with van der Waals surface area (Å²) in [6.45, 7) is 8.16. The maximum atomic E-state index is 13.8. The molecule has 1 saturated carbocycles. The van der Waals surface area contributed by atoms with Crippen LogP contribution in [0.3, 0.4) is 0 Å². The van der Waals surface area contributed by atoms with Crippen LogP contribution in [0.15, 0.2) is 18.2 Å². The van der Waals surface area contributed by atoms with Gasteiger partial charge in [-0.25, -0.2) is 9.69 Å². The summed E-state index contributed by atoms with van der Waals surface area (Å²) in [5.41, 5.74) is -0.384. The molecular weight excluding hydrogens is 462 g/mol. The van der Waals surface area contributed by atoms with Crippen molar-refractivity contribution in [2.75, 3.05) is 34.0 Å². The van der Waals surface area contributed by atoms with Gasteiger partial charge in [0, 0.05) is 26.1 Å². The normalized spacial score (nSPS) is 34.6. The number of rotatable bonds is 6. The number of ether oxygens (including phenoxy) is 2. The van der Waals surface area contributed by atoms with E-state index in [1.54, 1.807) is 7.11 Å². The molecule has 4 aliphatic rings. The minimum absolute atomic E-state index is 0.0239. The number of fused-ring (bicyclic) bond motifs is 1. The van der Waals surface area contributed by atoms with E-state index in [4.69, 9.17) is 9.47 Å². The number of nitrogens with zero attached hydrogens (tertiary/aromatic N) is 2. The number of carbonyl (C=O) groups is 2. The lowest BCUT2D eigenvalue weighted by atomic mass is 9.46. The minimum Gasteiger partial charge on any atom is -0.497 e. The highest BCUT2D eigenvalue weighted by atomic mass is 28.3. The number of hydrogen-bond acceptors (Lipinski definition) is 6. The Balaban J connectivity index is 1.47. The molecule has 1 aromatic rings. The zero-order valence-electron chi connectivity index (χ0n) is 21.6. The van der Waals surface area contributed by atoms with Gasteiger partial charge in [-0.05, 0) is 75.0 Å². The summed E-state index contributed by atoms with van der Waals surface area (Å²) in [4.78, 5) is 30.3. The Bertz CT molecular complexity index is 1040. The number of piperidine rings is 1. The van der Waals surface area contributed by atoms with Gasteiger partial charge in [-0.1, -0.05) is 25.7 Å². The monoisotopic (exact) mass is 501 g/mol. The molecule has 5 rings (SSSR count). The maximum Gasteiger partial charge on any atom is 0.326 e. The molecule has 3 amide bonds. The lowest BCUT2D eigenvalue weighted by Crippen LogP contribution is -2.75. The fourth-order valence-corrected chi connectivity index (χ4v) is 7.75. The van der Waals surface area contributed by atoms with Crippen LogP contribution in [0.5, 0.6) is 5.75 Å². The molecule has 8 nitrogen and oxygen atoms in total. The molecule has 1 aromatic carbocycles. The molecule has 0 aromatic heterocycles. The predicted octanol–water partition coefficient (Wildman–Crippen LogP) is 2.71. The molecule has 2 aliphatic heterocycles. The van der Waals surface area contributed by atoms with E-state index in [1.165, 1.54) is 10.5 Å². The minimum atomic E-state index is -1.27. The lowest BCUT2D eigenvalue weighted by Gasteiger charge is -2.65. The first-order chi connectivity index (χ1) is 16.4. The molecule has 3 fully saturated rings. The standard InChI is InChI=1S/C26H39N3O5Si/c1-28-11-10-24-16-25(22(30)29(23(31)27-25)17-34-12-13-35(3,4)5)8-9-26(24,32)21(28)14-18-6-7-19(33-2)15-20(18)24/h6-7,15,21,32H,8-14,16-17H2,1-5H3,(H,27,31)/t21-,24-,25+,26-/m1/s1. The summed E-state index contributed by atoms with van der Waals surface area (Å²) >= 11 is 0. The maximum absolute atomic E-state index is 13.8. The average Bonchev–Trinajstić information content (AvgIpc) is 3.02. The van der Waals surface area contributed by atoms with Crippen LogP contribution in [0.25, 0.3) is 0 Å². The molecule has 0 unspecified atom stereocenters. The highest BCUT2D eigenvalue weighted by Crippen LogP contribution is 2.60. The topological polar surface area (TPSA) is 91.3 Å². The molecule has 35 heavy (non-hydrogen) atoms. The van der Waals surface area contributed by atoms with Crippen LogP contribution in [0.2, 0.25) is 25.7 Å². The number of benzene rings is 1. The number of methoxy groups -OCH3 is 1. The molecule has 2 saturated heterocycles. The summed E-state index contributed by atoms with van der Waals surface area (Å²) in [6.07, 6.45) is 2.74. The number of aliphatic hydroxyl groups is 1. The zero-order chi connectivity index (χ0) is 25.2. The van der Waals surface area contributed by atoms with E-state index in [2.05, 4.69) is 43.0 Å². The Hall–Kier alpha value is -1.94. The second-order valence-corrected chi connectivity index (χ2v) is 17.9.